The van der Waals surface area contributed by atoms with Crippen LogP contribution in [0.25, 0.3) is 0 Å². The summed E-state index contributed by atoms with van der Waals surface area (Å²) in [5.41, 5.74) is 3.95. The molecule has 0 amide bonds. The molecular formula is C13H15Br2FN4. The molecule has 0 radical (unpaired) electrons. The van der Waals surface area contributed by atoms with Gasteiger partial charge < -0.3 is 0 Å². The topological polar surface area (TPSA) is 55.9 Å². The van der Waals surface area contributed by atoms with Gasteiger partial charge in [0.15, 0.2) is 0 Å². The largest absolute Gasteiger partial charge is 0.271 e. The van der Waals surface area contributed by atoms with E-state index in [1.165, 1.54) is 6.07 Å². The summed E-state index contributed by atoms with van der Waals surface area (Å²) in [5, 5.41) is 4.30. The minimum atomic E-state index is -0.492. The molecule has 0 aliphatic rings. The number of hydrazine groups is 1. The standard InChI is InChI=1S/C13H15Br2FN4/c1-2-6-20-13(9(15)7-18-20)12(19-17)11-8(14)4-3-5-10(11)16/h3-5,7,12,19H,2,6,17H2,1H3. The quantitative estimate of drug-likeness (QED) is 0.591. The van der Waals surface area contributed by atoms with Crippen molar-refractivity contribution >= 4 is 31.9 Å². The van der Waals surface area contributed by atoms with Gasteiger partial charge in [0.05, 0.1) is 22.4 Å². The molecule has 1 atom stereocenters. The van der Waals surface area contributed by atoms with Gasteiger partial charge in [-0.1, -0.05) is 28.9 Å². The Hall–Kier alpha value is -0.760. The first kappa shape index (κ1) is 15.6. The number of nitrogens with two attached hydrogens (primary N) is 1. The average molecular weight is 406 g/mol. The number of hydrogen-bond donors (Lipinski definition) is 2. The summed E-state index contributed by atoms with van der Waals surface area (Å²) in [7, 11) is 0. The number of nitrogens with zero attached hydrogens (tertiary/aromatic N) is 2. The van der Waals surface area contributed by atoms with Crippen LogP contribution >= 0.6 is 31.9 Å². The Morgan fingerprint density at radius 2 is 2.15 bits per heavy atom. The third kappa shape index (κ3) is 2.95. The molecule has 2 rings (SSSR count). The molecule has 2 aromatic rings. The third-order valence-electron chi connectivity index (χ3n) is 3.00. The Balaban J connectivity index is 2.55. The summed E-state index contributed by atoms with van der Waals surface area (Å²) in [6.07, 6.45) is 2.63. The van der Waals surface area contributed by atoms with Gasteiger partial charge in [0, 0.05) is 16.6 Å². The lowest BCUT2D eigenvalue weighted by Crippen LogP contribution is -2.32. The first-order chi connectivity index (χ1) is 9.60. The Morgan fingerprint density at radius 1 is 1.40 bits per heavy atom. The van der Waals surface area contributed by atoms with Gasteiger partial charge in [0.2, 0.25) is 0 Å². The molecule has 0 spiro atoms. The lowest BCUT2D eigenvalue weighted by molar-refractivity contribution is 0.499. The SMILES string of the molecule is CCCn1ncc(Br)c1C(NN)c1c(F)cccc1Br. The summed E-state index contributed by atoms with van der Waals surface area (Å²) in [6, 6.07) is 4.36. The monoisotopic (exact) mass is 404 g/mol. The fourth-order valence-electron chi connectivity index (χ4n) is 2.13. The van der Waals surface area contributed by atoms with Gasteiger partial charge in [-0.15, -0.1) is 0 Å². The highest BCUT2D eigenvalue weighted by Crippen LogP contribution is 2.33. The van der Waals surface area contributed by atoms with Crippen LogP contribution in [0.2, 0.25) is 0 Å². The zero-order chi connectivity index (χ0) is 14.7. The molecule has 0 fully saturated rings. The molecule has 0 aliphatic carbocycles. The maximum atomic E-state index is 14.2. The number of aryl methyl sites for hydroxylation is 1. The molecule has 0 saturated carbocycles. The van der Waals surface area contributed by atoms with Gasteiger partial charge in [-0.05, 0) is 34.5 Å². The molecule has 0 saturated heterocycles. The molecule has 3 N–H and O–H groups in total. The van der Waals surface area contributed by atoms with Crippen molar-refractivity contribution in [3.63, 3.8) is 0 Å². The van der Waals surface area contributed by atoms with Crippen LogP contribution < -0.4 is 11.3 Å². The van der Waals surface area contributed by atoms with E-state index in [9.17, 15) is 4.39 Å². The van der Waals surface area contributed by atoms with Crippen LogP contribution in [-0.4, -0.2) is 9.78 Å². The highest BCUT2D eigenvalue weighted by molar-refractivity contribution is 9.10. The summed E-state index contributed by atoms with van der Waals surface area (Å²) < 4.78 is 17.4. The molecule has 108 valence electrons. The number of rotatable bonds is 5. The normalized spacial score (nSPS) is 12.7. The van der Waals surface area contributed by atoms with E-state index in [1.54, 1.807) is 18.3 Å². The first-order valence-corrected chi connectivity index (χ1v) is 7.80. The van der Waals surface area contributed by atoms with Gasteiger partial charge in [-0.3, -0.25) is 10.5 Å². The first-order valence-electron chi connectivity index (χ1n) is 6.21. The van der Waals surface area contributed by atoms with Crippen LogP contribution in [0.3, 0.4) is 0 Å². The second-order valence-electron chi connectivity index (χ2n) is 4.34. The van der Waals surface area contributed by atoms with E-state index in [4.69, 9.17) is 5.84 Å². The van der Waals surface area contributed by atoms with Crippen molar-refractivity contribution in [2.75, 3.05) is 0 Å². The fraction of sp³-hybridized carbons (Fsp3) is 0.308. The Bertz CT molecular complexity index is 580. The molecule has 1 aromatic heterocycles. The van der Waals surface area contributed by atoms with Gasteiger partial charge in [0.1, 0.15) is 5.82 Å². The molecule has 7 heteroatoms. The van der Waals surface area contributed by atoms with Crippen molar-refractivity contribution in [2.45, 2.75) is 25.9 Å². The molecule has 1 aromatic carbocycles. The highest BCUT2D eigenvalue weighted by atomic mass is 79.9. The molecule has 1 heterocycles. The summed E-state index contributed by atoms with van der Waals surface area (Å²) in [6.45, 7) is 2.80. The van der Waals surface area contributed by atoms with Crippen molar-refractivity contribution < 1.29 is 4.39 Å². The van der Waals surface area contributed by atoms with Gasteiger partial charge in [-0.25, -0.2) is 9.82 Å². The van der Waals surface area contributed by atoms with Gasteiger partial charge in [0.25, 0.3) is 0 Å². The number of hydrogen-bond acceptors (Lipinski definition) is 3. The molecule has 1 unspecified atom stereocenters. The Labute approximate surface area is 133 Å². The molecule has 0 bridgehead atoms. The maximum absolute atomic E-state index is 14.2. The summed E-state index contributed by atoms with van der Waals surface area (Å²) in [4.78, 5) is 0. The molecule has 4 nitrogen and oxygen atoms in total. The zero-order valence-electron chi connectivity index (χ0n) is 10.9. The van der Waals surface area contributed by atoms with Crippen LogP contribution in [0.1, 0.15) is 30.6 Å². The predicted molar refractivity (Wildman–Crippen MR) is 83.5 cm³/mol. The van der Waals surface area contributed by atoms with Gasteiger partial charge >= 0.3 is 0 Å². The number of halogens is 3. The van der Waals surface area contributed by atoms with E-state index < -0.39 is 6.04 Å². The van der Waals surface area contributed by atoms with E-state index in [0.717, 1.165) is 23.1 Å². The van der Waals surface area contributed by atoms with E-state index in [1.807, 2.05) is 4.68 Å². The van der Waals surface area contributed by atoms with Crippen molar-refractivity contribution in [2.24, 2.45) is 5.84 Å². The zero-order valence-corrected chi connectivity index (χ0v) is 14.1. The van der Waals surface area contributed by atoms with Crippen LogP contribution in [0.4, 0.5) is 4.39 Å². The second-order valence-corrected chi connectivity index (χ2v) is 6.04. The van der Waals surface area contributed by atoms with Crippen LogP contribution in [0, 0.1) is 5.82 Å². The van der Waals surface area contributed by atoms with E-state index in [0.29, 0.717) is 10.0 Å². The van der Waals surface area contributed by atoms with Crippen molar-refractivity contribution in [1.82, 2.24) is 15.2 Å². The Morgan fingerprint density at radius 3 is 2.75 bits per heavy atom. The van der Waals surface area contributed by atoms with Crippen LogP contribution in [0.5, 0.6) is 0 Å². The number of nitrogens with one attached hydrogen (secondary N) is 1. The lowest BCUT2D eigenvalue weighted by atomic mass is 10.0. The fourth-order valence-corrected chi connectivity index (χ4v) is 3.23. The number of aromatic nitrogens is 2. The molecule has 20 heavy (non-hydrogen) atoms. The minimum absolute atomic E-state index is 0.321. The highest BCUT2D eigenvalue weighted by Gasteiger charge is 2.25. The maximum Gasteiger partial charge on any atom is 0.129 e. The van der Waals surface area contributed by atoms with E-state index >= 15 is 0 Å². The summed E-state index contributed by atoms with van der Waals surface area (Å²) >= 11 is 6.84. The molecular weight excluding hydrogens is 391 g/mol. The van der Waals surface area contributed by atoms with Crippen molar-refractivity contribution in [3.8, 4) is 0 Å². The van der Waals surface area contributed by atoms with Gasteiger partial charge in [-0.2, -0.15) is 5.10 Å². The minimum Gasteiger partial charge on any atom is -0.271 e. The van der Waals surface area contributed by atoms with Crippen LogP contribution in [0.15, 0.2) is 33.3 Å². The average Bonchev–Trinajstić information content (AvgIpc) is 2.76. The predicted octanol–water partition coefficient (Wildman–Crippen LogP) is 3.51. The third-order valence-corrected chi connectivity index (χ3v) is 4.30. The number of benzene rings is 1. The van der Waals surface area contributed by atoms with Crippen molar-refractivity contribution in [1.29, 1.82) is 0 Å². The second kappa shape index (κ2) is 6.80. The Kier molecular flexibility index (Phi) is 5.31. The van der Waals surface area contributed by atoms with Crippen molar-refractivity contribution in [3.05, 3.63) is 50.4 Å². The summed E-state index contributed by atoms with van der Waals surface area (Å²) in [5.74, 6) is 5.35. The smallest absolute Gasteiger partial charge is 0.129 e. The van der Waals surface area contributed by atoms with Crippen LogP contribution in [-0.2, 0) is 6.54 Å². The van der Waals surface area contributed by atoms with E-state index in [-0.39, 0.29) is 5.82 Å². The molecule has 0 aliphatic heterocycles. The van der Waals surface area contributed by atoms with E-state index in [2.05, 4.69) is 49.3 Å². The lowest BCUT2D eigenvalue weighted by Gasteiger charge is -2.20.